The highest BCUT2D eigenvalue weighted by molar-refractivity contribution is 7.12. The maximum Gasteiger partial charge on any atom is 0.324 e. The van der Waals surface area contributed by atoms with Gasteiger partial charge in [0.05, 0.1) is 6.54 Å². The van der Waals surface area contributed by atoms with Gasteiger partial charge in [-0.25, -0.2) is 4.79 Å². The average molecular weight is 233 g/mol. The fraction of sp³-hybridized carbons (Fsp3) is 0.273. The van der Waals surface area contributed by atoms with Crippen molar-refractivity contribution < 1.29 is 4.79 Å². The van der Waals surface area contributed by atoms with E-state index in [1.807, 2.05) is 19.1 Å². The normalized spacial score (nSPS) is 19.8. The van der Waals surface area contributed by atoms with Gasteiger partial charge >= 0.3 is 6.03 Å². The zero-order valence-corrected chi connectivity index (χ0v) is 9.60. The third-order valence-electron chi connectivity index (χ3n) is 2.38. The minimum absolute atomic E-state index is 0.196. The molecule has 0 aromatic carbocycles. The predicted molar refractivity (Wildman–Crippen MR) is 63.6 cm³/mol. The molecule has 1 aromatic rings. The first-order chi connectivity index (χ1) is 7.63. The van der Waals surface area contributed by atoms with Crippen LogP contribution in [0.15, 0.2) is 12.1 Å². The number of amidine groups is 1. The number of amides is 2. The van der Waals surface area contributed by atoms with Gasteiger partial charge in [-0.3, -0.25) is 15.6 Å². The molecule has 1 saturated heterocycles. The molecule has 5 heteroatoms. The summed E-state index contributed by atoms with van der Waals surface area (Å²) in [6, 6.07) is 3.27. The Labute approximate surface area is 97.8 Å². The van der Waals surface area contributed by atoms with Gasteiger partial charge in [-0.1, -0.05) is 5.92 Å². The summed E-state index contributed by atoms with van der Waals surface area (Å²) in [5.74, 6) is 2.64. The summed E-state index contributed by atoms with van der Waals surface area (Å²) in [5, 5.41) is 10.2. The first-order valence-electron chi connectivity index (χ1n) is 4.79. The molecular weight excluding hydrogens is 222 g/mol. The predicted octanol–water partition coefficient (Wildman–Crippen LogP) is 1.73. The third kappa shape index (κ3) is 1.68. The summed E-state index contributed by atoms with van der Waals surface area (Å²) in [6.45, 7) is 2.21. The fourth-order valence-corrected chi connectivity index (χ4v) is 2.69. The standard InChI is InChI=1S/C11H11N3OS/c1-3-6-14-9(10(12)13-11(14)15)8-5-4-7(2)16-8/h1,4-5,9H,6H2,2H3,(H2,12,13,15). The van der Waals surface area contributed by atoms with Crippen LogP contribution in [0.2, 0.25) is 0 Å². The van der Waals surface area contributed by atoms with E-state index in [4.69, 9.17) is 11.8 Å². The molecule has 0 aliphatic carbocycles. The van der Waals surface area contributed by atoms with Crippen LogP contribution in [-0.4, -0.2) is 23.3 Å². The summed E-state index contributed by atoms with van der Waals surface area (Å²) < 4.78 is 0. The smallest absolute Gasteiger partial charge is 0.298 e. The van der Waals surface area contributed by atoms with Gasteiger partial charge in [0.1, 0.15) is 11.9 Å². The van der Waals surface area contributed by atoms with Gasteiger partial charge in [0.2, 0.25) is 0 Å². The van der Waals surface area contributed by atoms with E-state index in [1.165, 1.54) is 4.90 Å². The lowest BCUT2D eigenvalue weighted by molar-refractivity contribution is 0.213. The number of nitrogens with one attached hydrogen (secondary N) is 2. The summed E-state index contributed by atoms with van der Waals surface area (Å²) >= 11 is 1.58. The van der Waals surface area contributed by atoms with Gasteiger partial charge in [0, 0.05) is 9.75 Å². The Hall–Kier alpha value is -1.80. The Bertz CT molecular complexity index is 486. The zero-order valence-electron chi connectivity index (χ0n) is 8.78. The van der Waals surface area contributed by atoms with E-state index < -0.39 is 0 Å². The number of thiophene rings is 1. The highest BCUT2D eigenvalue weighted by Crippen LogP contribution is 2.30. The third-order valence-corrected chi connectivity index (χ3v) is 3.43. The van der Waals surface area contributed by atoms with Crippen LogP contribution in [0.3, 0.4) is 0 Å². The lowest BCUT2D eigenvalue weighted by Crippen LogP contribution is -2.29. The molecule has 1 fully saturated rings. The molecule has 82 valence electrons. The second-order valence-corrected chi connectivity index (χ2v) is 4.85. The van der Waals surface area contributed by atoms with Crippen molar-refractivity contribution in [1.82, 2.24) is 10.2 Å². The van der Waals surface area contributed by atoms with Crippen molar-refractivity contribution in [3.63, 3.8) is 0 Å². The van der Waals surface area contributed by atoms with Crippen molar-refractivity contribution >= 4 is 23.2 Å². The van der Waals surface area contributed by atoms with Crippen molar-refractivity contribution in [3.8, 4) is 12.3 Å². The molecule has 2 N–H and O–H groups in total. The van der Waals surface area contributed by atoms with E-state index in [1.54, 1.807) is 11.3 Å². The molecule has 1 atom stereocenters. The summed E-state index contributed by atoms with van der Waals surface area (Å²) in [7, 11) is 0. The highest BCUT2D eigenvalue weighted by atomic mass is 32.1. The van der Waals surface area contributed by atoms with E-state index in [-0.39, 0.29) is 24.5 Å². The van der Waals surface area contributed by atoms with Crippen LogP contribution in [0.4, 0.5) is 4.79 Å². The molecule has 0 saturated carbocycles. The SMILES string of the molecule is C#CCN1C(=O)NC(=N)C1c1ccc(C)s1. The first-order valence-corrected chi connectivity index (χ1v) is 5.61. The Morgan fingerprint density at radius 2 is 2.44 bits per heavy atom. The van der Waals surface area contributed by atoms with Crippen molar-refractivity contribution in [1.29, 1.82) is 5.41 Å². The topological polar surface area (TPSA) is 56.2 Å². The van der Waals surface area contributed by atoms with Crippen LogP contribution < -0.4 is 5.32 Å². The lowest BCUT2D eigenvalue weighted by Gasteiger charge is -2.18. The monoisotopic (exact) mass is 233 g/mol. The number of hydrogen-bond donors (Lipinski definition) is 2. The number of carbonyl (C=O) groups is 1. The zero-order chi connectivity index (χ0) is 11.7. The minimum Gasteiger partial charge on any atom is -0.298 e. The summed E-state index contributed by atoms with van der Waals surface area (Å²) in [4.78, 5) is 15.2. The quantitative estimate of drug-likeness (QED) is 0.751. The van der Waals surface area contributed by atoms with Crippen molar-refractivity contribution in [2.45, 2.75) is 13.0 Å². The number of terminal acetylenes is 1. The molecule has 0 spiro atoms. The number of aryl methyl sites for hydroxylation is 1. The van der Waals surface area contributed by atoms with E-state index in [2.05, 4.69) is 11.2 Å². The highest BCUT2D eigenvalue weighted by Gasteiger charge is 2.36. The van der Waals surface area contributed by atoms with Gasteiger partial charge in [-0.15, -0.1) is 17.8 Å². The molecule has 4 nitrogen and oxygen atoms in total. The minimum atomic E-state index is -0.345. The van der Waals surface area contributed by atoms with E-state index in [9.17, 15) is 4.79 Å². The Balaban J connectivity index is 2.34. The Morgan fingerprint density at radius 1 is 1.69 bits per heavy atom. The number of hydrogen-bond acceptors (Lipinski definition) is 3. The average Bonchev–Trinajstić information content (AvgIpc) is 2.73. The Morgan fingerprint density at radius 3 is 3.00 bits per heavy atom. The van der Waals surface area contributed by atoms with Crippen LogP contribution in [-0.2, 0) is 0 Å². The van der Waals surface area contributed by atoms with Gasteiger partial charge in [0.25, 0.3) is 0 Å². The molecule has 0 radical (unpaired) electrons. The Kier molecular flexibility index (Phi) is 2.67. The van der Waals surface area contributed by atoms with E-state index in [0.717, 1.165) is 9.75 Å². The van der Waals surface area contributed by atoms with Gasteiger partial charge in [-0.05, 0) is 19.1 Å². The molecule has 1 aliphatic rings. The molecule has 1 aromatic heterocycles. The van der Waals surface area contributed by atoms with Gasteiger partial charge in [-0.2, -0.15) is 0 Å². The maximum atomic E-state index is 11.5. The van der Waals surface area contributed by atoms with Crippen molar-refractivity contribution in [2.24, 2.45) is 0 Å². The summed E-state index contributed by atoms with van der Waals surface area (Å²) in [5.41, 5.74) is 0. The number of rotatable bonds is 2. The van der Waals surface area contributed by atoms with Crippen LogP contribution in [0.1, 0.15) is 15.8 Å². The second-order valence-electron chi connectivity index (χ2n) is 3.53. The number of urea groups is 1. The largest absolute Gasteiger partial charge is 0.324 e. The molecule has 1 aliphatic heterocycles. The van der Waals surface area contributed by atoms with E-state index in [0.29, 0.717) is 0 Å². The van der Waals surface area contributed by atoms with Crippen LogP contribution in [0.25, 0.3) is 0 Å². The van der Waals surface area contributed by atoms with Crippen molar-refractivity contribution in [2.75, 3.05) is 6.54 Å². The lowest BCUT2D eigenvalue weighted by atomic mass is 10.2. The molecule has 0 bridgehead atoms. The van der Waals surface area contributed by atoms with Crippen LogP contribution in [0, 0.1) is 24.7 Å². The molecule has 1 unspecified atom stereocenters. The molecule has 2 rings (SSSR count). The van der Waals surface area contributed by atoms with Crippen LogP contribution in [0.5, 0.6) is 0 Å². The molecule has 2 amide bonds. The molecule has 2 heterocycles. The molecular formula is C11H11N3OS. The molecule has 16 heavy (non-hydrogen) atoms. The first kappa shape index (κ1) is 10.7. The van der Waals surface area contributed by atoms with Gasteiger partial charge < -0.3 is 0 Å². The number of nitrogens with zero attached hydrogens (tertiary/aromatic N) is 1. The van der Waals surface area contributed by atoms with Crippen molar-refractivity contribution in [3.05, 3.63) is 21.9 Å². The number of carbonyl (C=O) groups excluding carboxylic acids is 1. The summed E-state index contributed by atoms with van der Waals surface area (Å²) in [6.07, 6.45) is 5.22. The maximum absolute atomic E-state index is 11.5. The van der Waals surface area contributed by atoms with Crippen LogP contribution >= 0.6 is 11.3 Å². The van der Waals surface area contributed by atoms with E-state index >= 15 is 0 Å². The fourth-order valence-electron chi connectivity index (χ4n) is 1.69. The second kappa shape index (κ2) is 3.99. The van der Waals surface area contributed by atoms with Gasteiger partial charge in [0.15, 0.2) is 0 Å².